The highest BCUT2D eigenvalue weighted by atomic mass is 15.2. The minimum atomic E-state index is 0.606. The molecule has 1 aliphatic carbocycles. The second kappa shape index (κ2) is 5.41. The Hall–Kier alpha value is -0.860. The molecule has 2 unspecified atom stereocenters. The molecule has 2 nitrogen and oxygen atoms in total. The van der Waals surface area contributed by atoms with Crippen LogP contribution in [0.5, 0.6) is 0 Å². The zero-order chi connectivity index (χ0) is 12.4. The molecule has 1 saturated heterocycles. The van der Waals surface area contributed by atoms with E-state index in [4.69, 9.17) is 5.73 Å². The Kier molecular flexibility index (Phi) is 3.67. The van der Waals surface area contributed by atoms with E-state index in [9.17, 15) is 0 Å². The van der Waals surface area contributed by atoms with Gasteiger partial charge in [-0.05, 0) is 49.8 Å². The fourth-order valence-corrected chi connectivity index (χ4v) is 3.76. The number of piperidine rings is 1. The van der Waals surface area contributed by atoms with Crippen molar-refractivity contribution in [2.75, 3.05) is 13.1 Å². The van der Waals surface area contributed by atoms with Crippen LogP contribution in [0.3, 0.4) is 0 Å². The van der Waals surface area contributed by atoms with Crippen LogP contribution in [-0.2, 0) is 6.42 Å². The van der Waals surface area contributed by atoms with Crippen molar-refractivity contribution < 1.29 is 0 Å². The number of nitrogens with two attached hydrogens (primary N) is 1. The van der Waals surface area contributed by atoms with E-state index in [1.54, 1.807) is 11.1 Å². The first-order valence-corrected chi connectivity index (χ1v) is 7.44. The molecule has 0 saturated carbocycles. The minimum Gasteiger partial charge on any atom is -0.329 e. The number of aryl methyl sites for hydroxylation is 1. The van der Waals surface area contributed by atoms with Crippen LogP contribution < -0.4 is 5.73 Å². The number of benzene rings is 1. The zero-order valence-electron chi connectivity index (χ0n) is 11.1. The van der Waals surface area contributed by atoms with Crippen molar-refractivity contribution in [3.8, 4) is 0 Å². The lowest BCUT2D eigenvalue weighted by atomic mass is 9.85. The maximum absolute atomic E-state index is 5.98. The van der Waals surface area contributed by atoms with E-state index in [0.717, 1.165) is 6.54 Å². The van der Waals surface area contributed by atoms with Crippen molar-refractivity contribution in [2.45, 2.75) is 50.6 Å². The summed E-state index contributed by atoms with van der Waals surface area (Å²) >= 11 is 0. The smallest absolute Gasteiger partial charge is 0.0354 e. The second-order valence-corrected chi connectivity index (χ2v) is 5.73. The third-order valence-corrected chi connectivity index (χ3v) is 4.68. The van der Waals surface area contributed by atoms with Crippen LogP contribution in [0.15, 0.2) is 24.3 Å². The van der Waals surface area contributed by atoms with Gasteiger partial charge in [0.15, 0.2) is 0 Å². The standard InChI is InChI=1S/C16H24N2/c17-12-14-8-3-4-11-18(14)16-10-5-7-13-6-1-2-9-15(13)16/h1-2,6,9,14,16H,3-5,7-8,10-12,17H2. The van der Waals surface area contributed by atoms with Crippen LogP contribution in [-0.4, -0.2) is 24.0 Å². The number of likely N-dealkylation sites (tertiary alicyclic amines) is 1. The first kappa shape index (κ1) is 12.2. The molecule has 2 atom stereocenters. The highest BCUT2D eigenvalue weighted by molar-refractivity contribution is 5.32. The van der Waals surface area contributed by atoms with Crippen molar-refractivity contribution in [1.29, 1.82) is 0 Å². The van der Waals surface area contributed by atoms with Gasteiger partial charge < -0.3 is 5.73 Å². The van der Waals surface area contributed by atoms with E-state index >= 15 is 0 Å². The number of fused-ring (bicyclic) bond motifs is 1. The van der Waals surface area contributed by atoms with Crippen molar-refractivity contribution in [2.24, 2.45) is 5.73 Å². The van der Waals surface area contributed by atoms with Gasteiger partial charge >= 0.3 is 0 Å². The van der Waals surface area contributed by atoms with Gasteiger partial charge in [0.25, 0.3) is 0 Å². The van der Waals surface area contributed by atoms with Crippen LogP contribution in [0.1, 0.15) is 49.3 Å². The Morgan fingerprint density at radius 1 is 1.11 bits per heavy atom. The van der Waals surface area contributed by atoms with Gasteiger partial charge in [-0.1, -0.05) is 30.7 Å². The molecule has 98 valence electrons. The molecule has 18 heavy (non-hydrogen) atoms. The topological polar surface area (TPSA) is 29.3 Å². The lowest BCUT2D eigenvalue weighted by Gasteiger charge is -2.43. The van der Waals surface area contributed by atoms with Crippen LogP contribution in [0.25, 0.3) is 0 Å². The minimum absolute atomic E-state index is 0.606. The van der Waals surface area contributed by atoms with Gasteiger partial charge in [0.05, 0.1) is 0 Å². The number of nitrogens with zero attached hydrogens (tertiary/aromatic N) is 1. The number of hydrogen-bond donors (Lipinski definition) is 1. The third-order valence-electron chi connectivity index (χ3n) is 4.68. The molecule has 0 spiro atoms. The van der Waals surface area contributed by atoms with Crippen molar-refractivity contribution in [3.63, 3.8) is 0 Å². The van der Waals surface area contributed by atoms with E-state index in [-0.39, 0.29) is 0 Å². The molecule has 1 heterocycles. The summed E-state index contributed by atoms with van der Waals surface area (Å²) in [5, 5.41) is 0. The normalized spacial score (nSPS) is 28.9. The van der Waals surface area contributed by atoms with E-state index in [0.29, 0.717) is 12.1 Å². The summed E-state index contributed by atoms with van der Waals surface area (Å²) in [6.07, 6.45) is 7.88. The zero-order valence-corrected chi connectivity index (χ0v) is 11.1. The fourth-order valence-electron chi connectivity index (χ4n) is 3.76. The maximum atomic E-state index is 5.98. The summed E-state index contributed by atoms with van der Waals surface area (Å²) in [5.41, 5.74) is 9.12. The average molecular weight is 244 g/mol. The van der Waals surface area contributed by atoms with Crippen LogP contribution >= 0.6 is 0 Å². The first-order chi connectivity index (χ1) is 8.90. The highest BCUT2D eigenvalue weighted by Gasteiger charge is 2.31. The van der Waals surface area contributed by atoms with Gasteiger partial charge in [-0.25, -0.2) is 0 Å². The predicted molar refractivity (Wildman–Crippen MR) is 75.5 cm³/mol. The number of hydrogen-bond acceptors (Lipinski definition) is 2. The monoisotopic (exact) mass is 244 g/mol. The Morgan fingerprint density at radius 2 is 2.00 bits per heavy atom. The van der Waals surface area contributed by atoms with Gasteiger partial charge in [-0.15, -0.1) is 0 Å². The van der Waals surface area contributed by atoms with E-state index in [2.05, 4.69) is 29.2 Å². The van der Waals surface area contributed by atoms with Gasteiger partial charge in [-0.3, -0.25) is 4.90 Å². The summed E-state index contributed by atoms with van der Waals surface area (Å²) in [4.78, 5) is 2.70. The Balaban J connectivity index is 1.88. The molecule has 0 amide bonds. The van der Waals surface area contributed by atoms with Crippen LogP contribution in [0, 0.1) is 0 Å². The van der Waals surface area contributed by atoms with E-state index in [1.807, 2.05) is 0 Å². The van der Waals surface area contributed by atoms with Gasteiger partial charge in [-0.2, -0.15) is 0 Å². The molecule has 0 aromatic heterocycles. The molecule has 1 aromatic carbocycles. The predicted octanol–water partition coefficient (Wildman–Crippen LogP) is 2.88. The molecule has 0 radical (unpaired) electrons. The molecule has 1 aromatic rings. The molecule has 1 aliphatic heterocycles. The Labute approximate surface area is 110 Å². The second-order valence-electron chi connectivity index (χ2n) is 5.73. The summed E-state index contributed by atoms with van der Waals surface area (Å²) < 4.78 is 0. The molecule has 2 heteroatoms. The molecule has 1 fully saturated rings. The highest BCUT2D eigenvalue weighted by Crippen LogP contribution is 2.37. The SMILES string of the molecule is NCC1CCCCN1C1CCCc2ccccc21. The molecular formula is C16H24N2. The molecule has 2 aliphatic rings. The molecule has 0 bridgehead atoms. The van der Waals surface area contributed by atoms with Gasteiger partial charge in [0, 0.05) is 18.6 Å². The van der Waals surface area contributed by atoms with E-state index < -0.39 is 0 Å². The van der Waals surface area contributed by atoms with E-state index in [1.165, 1.54) is 45.1 Å². The van der Waals surface area contributed by atoms with Crippen molar-refractivity contribution in [1.82, 2.24) is 4.90 Å². The fraction of sp³-hybridized carbons (Fsp3) is 0.625. The quantitative estimate of drug-likeness (QED) is 0.866. The lowest BCUT2D eigenvalue weighted by molar-refractivity contribution is 0.0883. The summed E-state index contributed by atoms with van der Waals surface area (Å²) in [6, 6.07) is 10.2. The summed E-state index contributed by atoms with van der Waals surface area (Å²) in [5.74, 6) is 0. The van der Waals surface area contributed by atoms with Crippen molar-refractivity contribution >= 4 is 0 Å². The molecule has 2 N–H and O–H groups in total. The first-order valence-electron chi connectivity index (χ1n) is 7.44. The Bertz CT molecular complexity index is 402. The average Bonchev–Trinajstić information content (AvgIpc) is 2.46. The Morgan fingerprint density at radius 3 is 2.89 bits per heavy atom. The summed E-state index contributed by atoms with van der Waals surface area (Å²) in [6.45, 7) is 2.06. The summed E-state index contributed by atoms with van der Waals surface area (Å²) in [7, 11) is 0. The van der Waals surface area contributed by atoms with Gasteiger partial charge in [0.1, 0.15) is 0 Å². The van der Waals surface area contributed by atoms with Crippen LogP contribution in [0.2, 0.25) is 0 Å². The lowest BCUT2D eigenvalue weighted by Crippen LogP contribution is -2.46. The maximum Gasteiger partial charge on any atom is 0.0354 e. The molecule has 3 rings (SSSR count). The third kappa shape index (κ3) is 2.19. The van der Waals surface area contributed by atoms with Gasteiger partial charge in [0.2, 0.25) is 0 Å². The molecular weight excluding hydrogens is 220 g/mol. The van der Waals surface area contributed by atoms with Crippen molar-refractivity contribution in [3.05, 3.63) is 35.4 Å². The largest absolute Gasteiger partial charge is 0.329 e. The van der Waals surface area contributed by atoms with Crippen LogP contribution in [0.4, 0.5) is 0 Å². The number of rotatable bonds is 2.